The number of rotatable bonds is 0. The summed E-state index contributed by atoms with van der Waals surface area (Å²) >= 11 is 0. The van der Waals surface area contributed by atoms with Gasteiger partial charge in [-0.2, -0.15) is 0 Å². The van der Waals surface area contributed by atoms with E-state index < -0.39 is 0 Å². The van der Waals surface area contributed by atoms with Crippen molar-refractivity contribution in [2.24, 2.45) is 28.6 Å². The summed E-state index contributed by atoms with van der Waals surface area (Å²) in [7, 11) is 0. The molecule has 0 aromatic rings. The van der Waals surface area contributed by atoms with Gasteiger partial charge in [-0.15, -0.1) is 0 Å². The molecule has 0 amide bonds. The van der Waals surface area contributed by atoms with Gasteiger partial charge in [0.2, 0.25) is 0 Å². The molecule has 4 nitrogen and oxygen atoms in total. The first-order chi connectivity index (χ1) is 10.4. The van der Waals surface area contributed by atoms with Crippen LogP contribution >= 0.6 is 0 Å². The summed E-state index contributed by atoms with van der Waals surface area (Å²) in [6.45, 7) is 4.63. The molecule has 1 aliphatic heterocycles. The van der Waals surface area contributed by atoms with Crippen LogP contribution in [0.25, 0.3) is 0 Å². The number of hydrogen-bond acceptors (Lipinski definition) is 3. The molecule has 0 bridgehead atoms. The largest absolute Gasteiger partial charge is 0.412 e. The smallest absolute Gasteiger partial charge is 0.164 e. The first kappa shape index (κ1) is 15.8. The molecule has 2 unspecified atom stereocenters. The van der Waals surface area contributed by atoms with E-state index >= 15 is 0 Å². The Morgan fingerprint density at radius 1 is 0.957 bits per heavy atom. The molecule has 4 heteroatoms. The SMILES string of the molecule is C[C@]12CC[C@H]3[C@@H](CCC45OC4C(=O)CC[C@]35C)[C@@H]1CCC2=O.O. The Kier molecular flexibility index (Phi) is 3.05. The molecule has 128 valence electrons. The molecular weight excluding hydrogens is 292 g/mol. The number of fused-ring (bicyclic) bond motifs is 4. The van der Waals surface area contributed by atoms with E-state index in [1.807, 2.05) is 0 Å². The number of Topliss-reactive ketones (excluding diaryl/α,β-unsaturated/α-hetero) is 2. The van der Waals surface area contributed by atoms with Crippen molar-refractivity contribution in [2.45, 2.75) is 76.9 Å². The second-order valence-electron chi connectivity index (χ2n) is 9.10. The van der Waals surface area contributed by atoms with E-state index in [1.54, 1.807) is 0 Å². The number of ether oxygens (including phenoxy) is 1. The maximum Gasteiger partial charge on any atom is 0.164 e. The van der Waals surface area contributed by atoms with Crippen molar-refractivity contribution in [3.05, 3.63) is 0 Å². The highest BCUT2D eigenvalue weighted by atomic mass is 16.6. The van der Waals surface area contributed by atoms with Gasteiger partial charge in [0.05, 0.1) is 0 Å². The Labute approximate surface area is 137 Å². The third kappa shape index (κ3) is 1.60. The van der Waals surface area contributed by atoms with Gasteiger partial charge < -0.3 is 10.2 Å². The first-order valence-electron chi connectivity index (χ1n) is 9.16. The standard InChI is InChI=1S/C19H26O3.H2O/c1-17-8-6-13-11(12(17)3-4-15(17)21)5-10-19-16(22-19)14(20)7-9-18(13,19)2;/h11-13,16H,3-10H2,1-2H3;1H2/t11-,12-,13-,16?,17-,18+,19?;/m0./s1. The summed E-state index contributed by atoms with van der Waals surface area (Å²) in [5.41, 5.74) is -0.00234. The summed E-state index contributed by atoms with van der Waals surface area (Å²) in [5.74, 6) is 2.78. The molecule has 1 spiro atoms. The zero-order valence-corrected chi connectivity index (χ0v) is 14.2. The van der Waals surface area contributed by atoms with Gasteiger partial charge in [-0.25, -0.2) is 0 Å². The van der Waals surface area contributed by atoms with Crippen molar-refractivity contribution in [2.75, 3.05) is 0 Å². The predicted octanol–water partition coefficient (Wildman–Crippen LogP) is 2.47. The Balaban J connectivity index is 0.00000135. The third-order valence-electron chi connectivity index (χ3n) is 8.66. The molecule has 2 N–H and O–H groups in total. The lowest BCUT2D eigenvalue weighted by atomic mass is 9.45. The van der Waals surface area contributed by atoms with Crippen LogP contribution in [-0.2, 0) is 14.3 Å². The molecule has 5 aliphatic rings. The van der Waals surface area contributed by atoms with Crippen molar-refractivity contribution in [3.8, 4) is 0 Å². The van der Waals surface area contributed by atoms with E-state index in [9.17, 15) is 9.59 Å². The quantitative estimate of drug-likeness (QED) is 0.643. The minimum atomic E-state index is -0.125. The van der Waals surface area contributed by atoms with Gasteiger partial charge in [0.1, 0.15) is 17.5 Å². The van der Waals surface area contributed by atoms with E-state index in [-0.39, 0.29) is 28.0 Å². The number of hydrogen-bond donors (Lipinski definition) is 0. The zero-order valence-electron chi connectivity index (χ0n) is 14.2. The number of carbonyl (C=O) groups excluding carboxylic acids is 2. The molecular formula is C19H28O4. The molecule has 0 aromatic heterocycles. The maximum atomic E-state index is 12.4. The number of ketones is 2. The fourth-order valence-corrected chi connectivity index (χ4v) is 7.27. The van der Waals surface area contributed by atoms with Crippen LogP contribution in [0.2, 0.25) is 0 Å². The van der Waals surface area contributed by atoms with E-state index in [4.69, 9.17) is 4.74 Å². The van der Waals surface area contributed by atoms with Gasteiger partial charge >= 0.3 is 0 Å². The van der Waals surface area contributed by atoms with Gasteiger partial charge in [-0.1, -0.05) is 13.8 Å². The lowest BCUT2D eigenvalue weighted by Gasteiger charge is -2.58. The van der Waals surface area contributed by atoms with Crippen LogP contribution < -0.4 is 0 Å². The normalized spacial score (nSPS) is 56.8. The minimum absolute atomic E-state index is 0. The Morgan fingerprint density at radius 3 is 2.52 bits per heavy atom. The third-order valence-corrected chi connectivity index (χ3v) is 8.66. The van der Waals surface area contributed by atoms with Gasteiger partial charge in [0, 0.05) is 23.7 Å². The molecule has 5 fully saturated rings. The lowest BCUT2D eigenvalue weighted by molar-refractivity contribution is -0.140. The van der Waals surface area contributed by atoms with Crippen molar-refractivity contribution in [1.82, 2.24) is 0 Å². The van der Waals surface area contributed by atoms with Crippen molar-refractivity contribution in [1.29, 1.82) is 0 Å². The van der Waals surface area contributed by atoms with Crippen molar-refractivity contribution >= 4 is 11.6 Å². The second-order valence-corrected chi connectivity index (χ2v) is 9.10. The Bertz CT molecular complexity index is 586. The fraction of sp³-hybridized carbons (Fsp3) is 0.895. The number of epoxide rings is 1. The topological polar surface area (TPSA) is 78.2 Å². The summed E-state index contributed by atoms with van der Waals surface area (Å²) in [4.78, 5) is 24.5. The highest BCUT2D eigenvalue weighted by molar-refractivity contribution is 5.89. The van der Waals surface area contributed by atoms with Crippen LogP contribution in [0.3, 0.4) is 0 Å². The fourth-order valence-electron chi connectivity index (χ4n) is 7.27. The van der Waals surface area contributed by atoms with Crippen LogP contribution in [0.1, 0.15) is 65.2 Å². The van der Waals surface area contributed by atoms with Gasteiger partial charge in [0.25, 0.3) is 0 Å². The Morgan fingerprint density at radius 2 is 1.74 bits per heavy atom. The molecule has 1 saturated heterocycles. The zero-order chi connectivity index (χ0) is 15.3. The van der Waals surface area contributed by atoms with Crippen molar-refractivity contribution < 1.29 is 19.8 Å². The van der Waals surface area contributed by atoms with Gasteiger partial charge in [-0.05, 0) is 56.3 Å². The van der Waals surface area contributed by atoms with Crippen LogP contribution in [0.15, 0.2) is 0 Å². The molecule has 4 aliphatic carbocycles. The van der Waals surface area contributed by atoms with Crippen LogP contribution in [0.5, 0.6) is 0 Å². The second kappa shape index (κ2) is 4.45. The Hall–Kier alpha value is -0.740. The van der Waals surface area contributed by atoms with Gasteiger partial charge in [-0.3, -0.25) is 9.59 Å². The van der Waals surface area contributed by atoms with E-state index in [2.05, 4.69) is 13.8 Å². The average molecular weight is 320 g/mol. The van der Waals surface area contributed by atoms with E-state index in [1.165, 1.54) is 0 Å². The highest BCUT2D eigenvalue weighted by Crippen LogP contribution is 2.71. The summed E-state index contributed by atoms with van der Waals surface area (Å²) in [6.07, 6.45) is 7.93. The van der Waals surface area contributed by atoms with Crippen LogP contribution in [0.4, 0.5) is 0 Å². The average Bonchev–Trinajstić information content (AvgIpc) is 3.17. The first-order valence-corrected chi connectivity index (χ1v) is 9.16. The molecule has 0 radical (unpaired) electrons. The summed E-state index contributed by atoms with van der Waals surface area (Å²) < 4.78 is 6.07. The molecule has 0 aromatic carbocycles. The highest BCUT2D eigenvalue weighted by Gasteiger charge is 2.76. The predicted molar refractivity (Wildman–Crippen MR) is 84.9 cm³/mol. The molecule has 7 atom stereocenters. The molecule has 4 saturated carbocycles. The molecule has 23 heavy (non-hydrogen) atoms. The molecule has 1 heterocycles. The number of carbonyl (C=O) groups is 2. The summed E-state index contributed by atoms with van der Waals surface area (Å²) in [5, 5.41) is 0. The summed E-state index contributed by atoms with van der Waals surface area (Å²) in [6, 6.07) is 0. The van der Waals surface area contributed by atoms with Crippen LogP contribution in [-0.4, -0.2) is 28.7 Å². The van der Waals surface area contributed by atoms with E-state index in [0.29, 0.717) is 35.7 Å². The maximum absolute atomic E-state index is 12.4. The monoisotopic (exact) mass is 320 g/mol. The van der Waals surface area contributed by atoms with Crippen molar-refractivity contribution in [3.63, 3.8) is 0 Å². The minimum Gasteiger partial charge on any atom is -0.412 e. The van der Waals surface area contributed by atoms with E-state index in [0.717, 1.165) is 44.9 Å². The van der Waals surface area contributed by atoms with Gasteiger partial charge in [0.15, 0.2) is 5.78 Å². The van der Waals surface area contributed by atoms with Crippen LogP contribution in [0, 0.1) is 28.6 Å². The molecule has 5 rings (SSSR count). The lowest BCUT2D eigenvalue weighted by Crippen LogP contribution is -2.58.